The summed E-state index contributed by atoms with van der Waals surface area (Å²) < 4.78 is 2.55. The zero-order chi connectivity index (χ0) is 6.97. The summed E-state index contributed by atoms with van der Waals surface area (Å²) in [6, 6.07) is 0. The van der Waals surface area contributed by atoms with Crippen molar-refractivity contribution >= 4 is 28.4 Å². The van der Waals surface area contributed by atoms with Gasteiger partial charge in [-0.25, -0.2) is 14.5 Å². The van der Waals surface area contributed by atoms with Crippen molar-refractivity contribution in [2.75, 3.05) is 0 Å². The molecule has 0 saturated carbocycles. The van der Waals surface area contributed by atoms with Crippen molar-refractivity contribution in [3.63, 3.8) is 0 Å². The van der Waals surface area contributed by atoms with Crippen molar-refractivity contribution in [3.8, 4) is 0 Å². The quantitative estimate of drug-likeness (QED) is 0.643. The molecule has 0 unspecified atom stereocenters. The normalized spacial score (nSPS) is 10.5. The van der Waals surface area contributed by atoms with Crippen molar-refractivity contribution in [2.45, 2.75) is 0 Å². The lowest BCUT2D eigenvalue weighted by molar-refractivity contribution is 0.902. The number of hydrogen-bond acceptors (Lipinski definition) is 3. The second kappa shape index (κ2) is 2.15. The van der Waals surface area contributed by atoms with Gasteiger partial charge in [0.1, 0.15) is 3.70 Å². The summed E-state index contributed by atoms with van der Waals surface area (Å²) in [5.41, 5.74) is 0. The number of fused-ring (bicyclic) bond motifs is 1. The largest absolute Gasteiger partial charge is 0.251 e. The second-order valence-corrected chi connectivity index (χ2v) is 2.86. The first kappa shape index (κ1) is 6.02. The van der Waals surface area contributed by atoms with E-state index in [9.17, 15) is 0 Å². The lowest BCUT2D eigenvalue weighted by atomic mass is 10.9. The molecular weight excluding hydrogens is 243 g/mol. The van der Waals surface area contributed by atoms with Gasteiger partial charge in [-0.2, -0.15) is 5.10 Å². The first-order valence-corrected chi connectivity index (χ1v) is 3.76. The maximum Gasteiger partial charge on any atom is 0.251 e. The lowest BCUT2D eigenvalue weighted by Gasteiger charge is -1.84. The fraction of sp³-hybridized carbons (Fsp3) is 0. The number of nitrogens with zero attached hydrogens (tertiary/aromatic N) is 4. The summed E-state index contributed by atoms with van der Waals surface area (Å²) in [5, 5.41) is 3.99. The van der Waals surface area contributed by atoms with Gasteiger partial charge in [0, 0.05) is 0 Å². The monoisotopic (exact) mass is 246 g/mol. The summed E-state index contributed by atoms with van der Waals surface area (Å²) in [5.74, 6) is 0.645. The highest BCUT2D eigenvalue weighted by Gasteiger charge is 1.96. The molecule has 5 heteroatoms. The van der Waals surface area contributed by atoms with E-state index in [1.54, 1.807) is 16.9 Å². The Labute approximate surface area is 70.4 Å². The fourth-order valence-electron chi connectivity index (χ4n) is 0.709. The second-order valence-electron chi connectivity index (χ2n) is 1.75. The molecule has 0 aliphatic heterocycles. The van der Waals surface area contributed by atoms with E-state index in [1.807, 2.05) is 6.20 Å². The molecule has 0 fully saturated rings. The Balaban J connectivity index is 2.88. The molecule has 4 nitrogen and oxygen atoms in total. The molecule has 0 spiro atoms. The van der Waals surface area contributed by atoms with Gasteiger partial charge in [-0.1, -0.05) is 0 Å². The molecule has 2 aromatic heterocycles. The third-order valence-corrected chi connectivity index (χ3v) is 1.61. The van der Waals surface area contributed by atoms with Crippen LogP contribution in [0.15, 0.2) is 18.6 Å². The fourth-order valence-corrected chi connectivity index (χ4v) is 1.19. The van der Waals surface area contributed by atoms with Crippen molar-refractivity contribution in [3.05, 3.63) is 22.3 Å². The smallest absolute Gasteiger partial charge is 0.218 e. The molecule has 0 radical (unpaired) electrons. The van der Waals surface area contributed by atoms with Crippen LogP contribution in [0, 0.1) is 3.70 Å². The molecule has 0 bridgehead atoms. The first-order valence-electron chi connectivity index (χ1n) is 2.68. The maximum atomic E-state index is 4.09. The van der Waals surface area contributed by atoms with Crippen LogP contribution < -0.4 is 0 Å². The van der Waals surface area contributed by atoms with Crippen LogP contribution in [-0.4, -0.2) is 19.6 Å². The standard InChI is InChI=1S/C5H3IN4/c6-4-3-10-5(9-4)7-1-2-8-10/h1-3H. The Morgan fingerprint density at radius 2 is 2.30 bits per heavy atom. The first-order chi connectivity index (χ1) is 4.86. The van der Waals surface area contributed by atoms with Gasteiger partial charge < -0.3 is 0 Å². The van der Waals surface area contributed by atoms with E-state index < -0.39 is 0 Å². The minimum atomic E-state index is 0.645. The summed E-state index contributed by atoms with van der Waals surface area (Å²) in [6.07, 6.45) is 5.08. The van der Waals surface area contributed by atoms with Gasteiger partial charge in [0.25, 0.3) is 5.78 Å². The van der Waals surface area contributed by atoms with Crippen LogP contribution in [0.2, 0.25) is 0 Å². The van der Waals surface area contributed by atoms with Gasteiger partial charge in [0.15, 0.2) is 0 Å². The predicted octanol–water partition coefficient (Wildman–Crippen LogP) is 0.729. The highest BCUT2D eigenvalue weighted by molar-refractivity contribution is 14.1. The molecule has 0 aromatic carbocycles. The third kappa shape index (κ3) is 0.859. The molecule has 50 valence electrons. The Bertz CT molecular complexity index is 322. The number of aromatic nitrogens is 4. The summed E-state index contributed by atoms with van der Waals surface area (Å²) in [7, 11) is 0. The summed E-state index contributed by atoms with van der Waals surface area (Å²) >= 11 is 2.12. The molecule has 2 heterocycles. The van der Waals surface area contributed by atoms with Crippen LogP contribution in [0.25, 0.3) is 5.78 Å². The lowest BCUT2D eigenvalue weighted by Crippen LogP contribution is -1.89. The highest BCUT2D eigenvalue weighted by Crippen LogP contribution is 2.01. The Morgan fingerprint density at radius 1 is 1.40 bits per heavy atom. The topological polar surface area (TPSA) is 43.1 Å². The van der Waals surface area contributed by atoms with E-state index >= 15 is 0 Å². The van der Waals surface area contributed by atoms with E-state index in [0.29, 0.717) is 5.78 Å². The van der Waals surface area contributed by atoms with Gasteiger partial charge in [-0.3, -0.25) is 0 Å². The Hall–Kier alpha value is -0.720. The van der Waals surface area contributed by atoms with Crippen LogP contribution >= 0.6 is 22.6 Å². The SMILES string of the molecule is Ic1cn2nccnc2n1. The number of halogens is 1. The van der Waals surface area contributed by atoms with Crippen LogP contribution in [-0.2, 0) is 0 Å². The molecule has 0 N–H and O–H groups in total. The molecule has 10 heavy (non-hydrogen) atoms. The van der Waals surface area contributed by atoms with Gasteiger partial charge in [-0.05, 0) is 22.6 Å². The molecule has 0 amide bonds. The highest BCUT2D eigenvalue weighted by atomic mass is 127. The average molecular weight is 246 g/mol. The number of rotatable bonds is 0. The molecule has 0 aliphatic rings. The van der Waals surface area contributed by atoms with Crippen LogP contribution in [0.4, 0.5) is 0 Å². The summed E-state index contributed by atoms with van der Waals surface area (Å²) in [4.78, 5) is 8.08. The average Bonchev–Trinajstić information content (AvgIpc) is 2.27. The molecule has 0 atom stereocenters. The maximum absolute atomic E-state index is 4.09. The molecule has 0 saturated heterocycles. The zero-order valence-electron chi connectivity index (χ0n) is 4.90. The van der Waals surface area contributed by atoms with E-state index in [4.69, 9.17) is 0 Å². The molecule has 2 aromatic rings. The molecule has 0 aliphatic carbocycles. The Morgan fingerprint density at radius 3 is 3.10 bits per heavy atom. The van der Waals surface area contributed by atoms with Crippen molar-refractivity contribution < 1.29 is 0 Å². The van der Waals surface area contributed by atoms with Crippen LogP contribution in [0.5, 0.6) is 0 Å². The van der Waals surface area contributed by atoms with Gasteiger partial charge in [0.05, 0.1) is 18.6 Å². The summed E-state index contributed by atoms with van der Waals surface area (Å²) in [6.45, 7) is 0. The Kier molecular flexibility index (Phi) is 1.30. The van der Waals surface area contributed by atoms with Gasteiger partial charge >= 0.3 is 0 Å². The number of hydrogen-bond donors (Lipinski definition) is 0. The predicted molar refractivity (Wildman–Crippen MR) is 43.5 cm³/mol. The minimum absolute atomic E-state index is 0.645. The molecular formula is C5H3IN4. The van der Waals surface area contributed by atoms with Crippen molar-refractivity contribution in [2.24, 2.45) is 0 Å². The third-order valence-electron chi connectivity index (χ3n) is 1.09. The number of imidazole rings is 1. The van der Waals surface area contributed by atoms with Gasteiger partial charge in [0.2, 0.25) is 0 Å². The van der Waals surface area contributed by atoms with E-state index in [-0.39, 0.29) is 0 Å². The van der Waals surface area contributed by atoms with Gasteiger partial charge in [-0.15, -0.1) is 0 Å². The van der Waals surface area contributed by atoms with Crippen LogP contribution in [0.1, 0.15) is 0 Å². The minimum Gasteiger partial charge on any atom is -0.218 e. The van der Waals surface area contributed by atoms with E-state index in [1.165, 1.54) is 0 Å². The van der Waals surface area contributed by atoms with Crippen molar-refractivity contribution in [1.82, 2.24) is 19.6 Å². The zero-order valence-corrected chi connectivity index (χ0v) is 7.06. The van der Waals surface area contributed by atoms with E-state index in [2.05, 4.69) is 37.7 Å². The molecule has 2 rings (SSSR count). The van der Waals surface area contributed by atoms with E-state index in [0.717, 1.165) is 3.70 Å². The van der Waals surface area contributed by atoms with Crippen LogP contribution in [0.3, 0.4) is 0 Å². The van der Waals surface area contributed by atoms with Crippen molar-refractivity contribution in [1.29, 1.82) is 0 Å².